The molecule has 0 radical (unpaired) electrons. The Kier molecular flexibility index (Phi) is 5.29. The SMILES string of the molecule is SCCN(CCS)Cc1c2ccccc2cc2ccccc12. The van der Waals surface area contributed by atoms with Gasteiger partial charge in [-0.05, 0) is 33.2 Å². The van der Waals surface area contributed by atoms with Crippen LogP contribution in [-0.2, 0) is 6.54 Å². The van der Waals surface area contributed by atoms with E-state index in [2.05, 4.69) is 84.8 Å². The van der Waals surface area contributed by atoms with Crippen LogP contribution in [0.25, 0.3) is 21.5 Å². The molecule has 0 spiro atoms. The summed E-state index contributed by atoms with van der Waals surface area (Å²) in [5.41, 5.74) is 1.41. The minimum atomic E-state index is 0.872. The smallest absolute Gasteiger partial charge is 0.0246 e. The van der Waals surface area contributed by atoms with E-state index in [9.17, 15) is 0 Å². The first-order valence-corrected chi connectivity index (χ1v) is 8.93. The van der Waals surface area contributed by atoms with Crippen molar-refractivity contribution in [1.29, 1.82) is 0 Å². The molecule has 0 amide bonds. The minimum Gasteiger partial charge on any atom is -0.297 e. The minimum absolute atomic E-state index is 0.872. The maximum absolute atomic E-state index is 4.40. The van der Waals surface area contributed by atoms with Crippen molar-refractivity contribution in [3.05, 3.63) is 60.2 Å². The molecule has 3 rings (SSSR count). The van der Waals surface area contributed by atoms with Crippen LogP contribution in [0.3, 0.4) is 0 Å². The second-order valence-corrected chi connectivity index (χ2v) is 6.42. The van der Waals surface area contributed by atoms with E-state index < -0.39 is 0 Å². The van der Waals surface area contributed by atoms with Gasteiger partial charge in [-0.3, -0.25) is 4.90 Å². The Morgan fingerprint density at radius 3 is 1.73 bits per heavy atom. The summed E-state index contributed by atoms with van der Waals surface area (Å²) >= 11 is 8.80. The molecule has 22 heavy (non-hydrogen) atoms. The molecule has 3 heteroatoms. The van der Waals surface area contributed by atoms with Gasteiger partial charge in [0.15, 0.2) is 0 Å². The van der Waals surface area contributed by atoms with Crippen molar-refractivity contribution >= 4 is 46.8 Å². The number of hydrogen-bond acceptors (Lipinski definition) is 3. The maximum atomic E-state index is 4.40. The van der Waals surface area contributed by atoms with Crippen LogP contribution in [0.1, 0.15) is 5.56 Å². The third-order valence-corrected chi connectivity index (χ3v) is 4.50. The highest BCUT2D eigenvalue weighted by molar-refractivity contribution is 7.80. The Morgan fingerprint density at radius 2 is 1.23 bits per heavy atom. The van der Waals surface area contributed by atoms with Crippen molar-refractivity contribution in [2.45, 2.75) is 6.54 Å². The van der Waals surface area contributed by atoms with Crippen molar-refractivity contribution in [1.82, 2.24) is 4.90 Å². The summed E-state index contributed by atoms with van der Waals surface area (Å²) in [7, 11) is 0. The van der Waals surface area contributed by atoms with E-state index in [1.807, 2.05) is 0 Å². The summed E-state index contributed by atoms with van der Waals surface area (Å²) in [6.07, 6.45) is 0. The van der Waals surface area contributed by atoms with Gasteiger partial charge in [-0.25, -0.2) is 0 Å². The summed E-state index contributed by atoms with van der Waals surface area (Å²) in [6.45, 7) is 2.92. The van der Waals surface area contributed by atoms with Crippen LogP contribution in [0.5, 0.6) is 0 Å². The number of thiol groups is 2. The van der Waals surface area contributed by atoms with Crippen LogP contribution in [0, 0.1) is 0 Å². The molecule has 114 valence electrons. The summed E-state index contributed by atoms with van der Waals surface area (Å²) in [4.78, 5) is 2.44. The second-order valence-electron chi connectivity index (χ2n) is 5.52. The Morgan fingerprint density at radius 1 is 0.727 bits per heavy atom. The predicted octanol–water partition coefficient (Wildman–Crippen LogP) is 4.65. The van der Waals surface area contributed by atoms with E-state index >= 15 is 0 Å². The lowest BCUT2D eigenvalue weighted by molar-refractivity contribution is 0.303. The molecule has 0 atom stereocenters. The molecule has 0 aliphatic rings. The Bertz CT molecular complexity index is 710. The first kappa shape index (κ1) is 15.7. The topological polar surface area (TPSA) is 3.24 Å². The average molecular weight is 328 g/mol. The van der Waals surface area contributed by atoms with Crippen molar-refractivity contribution in [3.8, 4) is 0 Å². The van der Waals surface area contributed by atoms with E-state index in [0.717, 1.165) is 31.1 Å². The van der Waals surface area contributed by atoms with Crippen LogP contribution in [0.4, 0.5) is 0 Å². The molecule has 0 unspecified atom stereocenters. The first-order chi connectivity index (χ1) is 10.8. The van der Waals surface area contributed by atoms with Crippen molar-refractivity contribution in [2.24, 2.45) is 0 Å². The van der Waals surface area contributed by atoms with E-state index in [1.165, 1.54) is 27.1 Å². The third-order valence-electron chi connectivity index (χ3n) is 4.10. The molecule has 0 aromatic heterocycles. The fourth-order valence-electron chi connectivity index (χ4n) is 3.05. The molecule has 0 bridgehead atoms. The molecule has 0 saturated carbocycles. The zero-order valence-corrected chi connectivity index (χ0v) is 14.4. The highest BCUT2D eigenvalue weighted by Gasteiger charge is 2.11. The molecule has 0 aliphatic carbocycles. The standard InChI is InChI=1S/C19H21NS2/c21-11-9-20(10-12-22)14-19-17-7-3-1-5-15(17)13-16-6-2-4-8-18(16)19/h1-8,13,21-22H,9-12,14H2. The predicted molar refractivity (Wildman–Crippen MR) is 104 cm³/mol. The van der Waals surface area contributed by atoms with Gasteiger partial charge in [0.05, 0.1) is 0 Å². The maximum Gasteiger partial charge on any atom is 0.0246 e. The fourth-order valence-corrected chi connectivity index (χ4v) is 3.62. The molecule has 3 aromatic carbocycles. The number of nitrogens with zero attached hydrogens (tertiary/aromatic N) is 1. The largest absolute Gasteiger partial charge is 0.297 e. The lowest BCUT2D eigenvalue weighted by atomic mass is 9.96. The lowest BCUT2D eigenvalue weighted by Crippen LogP contribution is -2.27. The number of hydrogen-bond donors (Lipinski definition) is 2. The van der Waals surface area contributed by atoms with E-state index in [1.54, 1.807) is 0 Å². The second kappa shape index (κ2) is 7.40. The van der Waals surface area contributed by atoms with Crippen LogP contribution in [0.2, 0.25) is 0 Å². The number of benzene rings is 3. The Balaban J connectivity index is 2.14. The quantitative estimate of drug-likeness (QED) is 0.492. The fraction of sp³-hybridized carbons (Fsp3) is 0.263. The van der Waals surface area contributed by atoms with Crippen molar-refractivity contribution < 1.29 is 0 Å². The average Bonchev–Trinajstić information content (AvgIpc) is 2.55. The van der Waals surface area contributed by atoms with Crippen LogP contribution in [0.15, 0.2) is 54.6 Å². The van der Waals surface area contributed by atoms with Gasteiger partial charge in [-0.2, -0.15) is 25.3 Å². The third kappa shape index (κ3) is 3.27. The summed E-state index contributed by atoms with van der Waals surface area (Å²) in [5, 5.41) is 5.33. The summed E-state index contributed by atoms with van der Waals surface area (Å²) < 4.78 is 0. The first-order valence-electron chi connectivity index (χ1n) is 7.67. The van der Waals surface area contributed by atoms with Gasteiger partial charge in [0.1, 0.15) is 0 Å². The number of fused-ring (bicyclic) bond motifs is 2. The van der Waals surface area contributed by atoms with Gasteiger partial charge in [-0.1, -0.05) is 48.5 Å². The van der Waals surface area contributed by atoms with Crippen molar-refractivity contribution in [3.63, 3.8) is 0 Å². The highest BCUT2D eigenvalue weighted by atomic mass is 32.1. The molecule has 0 fully saturated rings. The van der Waals surface area contributed by atoms with Gasteiger partial charge in [-0.15, -0.1) is 0 Å². The molecule has 3 aromatic rings. The van der Waals surface area contributed by atoms with Gasteiger partial charge in [0.25, 0.3) is 0 Å². The summed E-state index contributed by atoms with van der Waals surface area (Å²) in [5.74, 6) is 1.74. The normalized spacial score (nSPS) is 11.6. The molecular formula is C19H21NS2. The van der Waals surface area contributed by atoms with Gasteiger partial charge >= 0.3 is 0 Å². The number of rotatable bonds is 6. The summed E-state index contributed by atoms with van der Waals surface area (Å²) in [6, 6.07) is 19.6. The van der Waals surface area contributed by atoms with Crippen LogP contribution >= 0.6 is 25.3 Å². The van der Waals surface area contributed by atoms with Crippen LogP contribution < -0.4 is 0 Å². The van der Waals surface area contributed by atoms with E-state index in [4.69, 9.17) is 0 Å². The lowest BCUT2D eigenvalue weighted by Gasteiger charge is -2.22. The Labute approximate surface area is 143 Å². The Hall–Kier alpha value is -1.16. The van der Waals surface area contributed by atoms with Gasteiger partial charge in [0.2, 0.25) is 0 Å². The molecule has 1 nitrogen and oxygen atoms in total. The monoisotopic (exact) mass is 327 g/mol. The van der Waals surface area contributed by atoms with E-state index in [-0.39, 0.29) is 0 Å². The molecule has 0 aliphatic heterocycles. The van der Waals surface area contributed by atoms with Gasteiger partial charge in [0, 0.05) is 31.1 Å². The molecular weight excluding hydrogens is 306 g/mol. The molecule has 0 N–H and O–H groups in total. The van der Waals surface area contributed by atoms with E-state index in [0.29, 0.717) is 0 Å². The van der Waals surface area contributed by atoms with Crippen LogP contribution in [-0.4, -0.2) is 29.5 Å². The highest BCUT2D eigenvalue weighted by Crippen LogP contribution is 2.29. The molecule has 0 heterocycles. The van der Waals surface area contributed by atoms with Crippen molar-refractivity contribution in [2.75, 3.05) is 24.6 Å². The zero-order valence-electron chi connectivity index (χ0n) is 12.6. The zero-order chi connectivity index (χ0) is 15.4. The van der Waals surface area contributed by atoms with Gasteiger partial charge < -0.3 is 0 Å². The molecule has 0 saturated heterocycles.